The van der Waals surface area contributed by atoms with E-state index in [-0.39, 0.29) is 12.0 Å². The Morgan fingerprint density at radius 1 is 0.829 bits per heavy atom. The fourth-order valence-electron chi connectivity index (χ4n) is 4.18. The molecule has 170 valence electrons. The normalized spacial score (nSPS) is 11.3. The van der Waals surface area contributed by atoms with Gasteiger partial charge in [-0.05, 0) is 36.2 Å². The van der Waals surface area contributed by atoms with E-state index in [2.05, 4.69) is 12.1 Å². The predicted octanol–water partition coefficient (Wildman–Crippen LogP) is 8.18. The van der Waals surface area contributed by atoms with Crippen LogP contribution in [0.1, 0.15) is 25.0 Å². The third-order valence-corrected chi connectivity index (χ3v) is 5.70. The first-order valence-corrected chi connectivity index (χ1v) is 11.6. The maximum absolute atomic E-state index is 10.2. The van der Waals surface area contributed by atoms with Crippen LogP contribution in [0.3, 0.4) is 0 Å². The molecule has 0 aliphatic carbocycles. The van der Waals surface area contributed by atoms with Crippen molar-refractivity contribution < 1.29 is 9.15 Å². The summed E-state index contributed by atoms with van der Waals surface area (Å²) < 4.78 is 12.3. The van der Waals surface area contributed by atoms with Gasteiger partial charge >= 0.3 is 0 Å². The van der Waals surface area contributed by atoms with Crippen LogP contribution >= 0.6 is 0 Å². The van der Waals surface area contributed by atoms with Crippen molar-refractivity contribution >= 4 is 22.9 Å². The number of nitrogens with zero attached hydrogens (tertiary/aromatic N) is 2. The number of aliphatic imine (C=N–C) groups is 1. The zero-order valence-corrected chi connectivity index (χ0v) is 19.6. The third kappa shape index (κ3) is 4.45. The van der Waals surface area contributed by atoms with E-state index >= 15 is 0 Å². The molecule has 0 atom stereocenters. The van der Waals surface area contributed by atoms with Crippen LogP contribution in [0.25, 0.3) is 33.2 Å². The topological polar surface area (TPSA) is 58.5 Å². The van der Waals surface area contributed by atoms with Crippen molar-refractivity contribution in [3.8, 4) is 34.3 Å². The van der Waals surface area contributed by atoms with Crippen LogP contribution in [0.15, 0.2) is 106 Å². The summed E-state index contributed by atoms with van der Waals surface area (Å²) in [6.07, 6.45) is 1.75. The van der Waals surface area contributed by atoms with Crippen LogP contribution in [-0.2, 0) is 0 Å². The van der Waals surface area contributed by atoms with Gasteiger partial charge < -0.3 is 9.15 Å². The largest absolute Gasteiger partial charge is 0.490 e. The summed E-state index contributed by atoms with van der Waals surface area (Å²) >= 11 is 0. The summed E-state index contributed by atoms with van der Waals surface area (Å²) in [6.45, 7) is 3.99. The number of ether oxygens (including phenoxy) is 1. The van der Waals surface area contributed by atoms with Crippen molar-refractivity contribution in [2.45, 2.75) is 20.0 Å². The summed E-state index contributed by atoms with van der Waals surface area (Å²) in [7, 11) is 0. The van der Waals surface area contributed by atoms with Gasteiger partial charge in [-0.15, -0.1) is 0 Å². The fraction of sp³-hybridized carbons (Fsp3) is 0.0968. The maximum atomic E-state index is 10.2. The lowest BCUT2D eigenvalue weighted by Crippen LogP contribution is -2.07. The maximum Gasteiger partial charge on any atom is 0.238 e. The van der Waals surface area contributed by atoms with Crippen LogP contribution < -0.4 is 4.74 Å². The number of hydrogen-bond acceptors (Lipinski definition) is 4. The molecule has 4 aromatic carbocycles. The first-order valence-electron chi connectivity index (χ1n) is 11.6. The van der Waals surface area contributed by atoms with Crippen molar-refractivity contribution in [1.29, 1.82) is 5.26 Å². The van der Waals surface area contributed by atoms with Gasteiger partial charge in [0.25, 0.3) is 0 Å². The lowest BCUT2D eigenvalue weighted by Gasteiger charge is -2.14. The molecule has 0 radical (unpaired) electrons. The number of furan rings is 1. The van der Waals surface area contributed by atoms with Crippen molar-refractivity contribution in [1.82, 2.24) is 0 Å². The highest BCUT2D eigenvalue weighted by molar-refractivity contribution is 6.03. The first-order chi connectivity index (χ1) is 17.2. The van der Waals surface area contributed by atoms with E-state index in [1.54, 1.807) is 6.21 Å². The van der Waals surface area contributed by atoms with Gasteiger partial charge in [0.15, 0.2) is 0 Å². The Kier molecular flexibility index (Phi) is 6.15. The zero-order valence-electron chi connectivity index (χ0n) is 19.6. The molecule has 5 rings (SSSR count). The molecule has 0 amide bonds. The smallest absolute Gasteiger partial charge is 0.238 e. The second-order valence-electron chi connectivity index (χ2n) is 8.45. The molecule has 0 bridgehead atoms. The molecule has 4 nitrogen and oxygen atoms in total. The lowest BCUT2D eigenvalue weighted by molar-refractivity contribution is 0.242. The molecule has 0 saturated heterocycles. The van der Waals surface area contributed by atoms with Gasteiger partial charge in [0, 0.05) is 22.9 Å². The zero-order chi connectivity index (χ0) is 24.2. The highest BCUT2D eigenvalue weighted by Gasteiger charge is 2.22. The third-order valence-electron chi connectivity index (χ3n) is 5.70. The van der Waals surface area contributed by atoms with Crippen LogP contribution in [0.5, 0.6) is 5.75 Å². The average Bonchev–Trinajstić information content (AvgIpc) is 3.27. The fourth-order valence-corrected chi connectivity index (χ4v) is 4.18. The van der Waals surface area contributed by atoms with Crippen molar-refractivity contribution in [3.05, 3.63) is 108 Å². The lowest BCUT2D eigenvalue weighted by atomic mass is 9.98. The molecule has 35 heavy (non-hydrogen) atoms. The van der Waals surface area contributed by atoms with Gasteiger partial charge in [-0.25, -0.2) is 4.99 Å². The Morgan fingerprint density at radius 2 is 1.49 bits per heavy atom. The van der Waals surface area contributed by atoms with Gasteiger partial charge in [-0.2, -0.15) is 5.26 Å². The minimum absolute atomic E-state index is 0.0101. The Balaban J connectivity index is 1.70. The molecular weight excluding hydrogens is 432 g/mol. The summed E-state index contributed by atoms with van der Waals surface area (Å²) in [6, 6.07) is 34.0. The SMILES string of the molecule is CC(C)Oc1ccc2ccccc2c1C=Nc1oc(-c2ccccc2)c(-c2ccccc2)c1C#N. The van der Waals surface area contributed by atoms with E-state index in [9.17, 15) is 5.26 Å². The van der Waals surface area contributed by atoms with E-state index in [0.717, 1.165) is 38.8 Å². The molecule has 0 N–H and O–H groups in total. The summed E-state index contributed by atoms with van der Waals surface area (Å²) in [4.78, 5) is 4.70. The number of rotatable bonds is 6. The molecule has 0 unspecified atom stereocenters. The van der Waals surface area contributed by atoms with E-state index < -0.39 is 0 Å². The van der Waals surface area contributed by atoms with Crippen LogP contribution in [0.4, 0.5) is 5.88 Å². The summed E-state index contributed by atoms with van der Waals surface area (Å²) in [5, 5.41) is 12.3. The Morgan fingerprint density at radius 3 is 2.17 bits per heavy atom. The minimum atomic E-state index is 0.0101. The highest BCUT2D eigenvalue weighted by atomic mass is 16.5. The molecule has 0 aliphatic rings. The van der Waals surface area contributed by atoms with Gasteiger partial charge in [0.1, 0.15) is 23.1 Å². The van der Waals surface area contributed by atoms with Crippen LogP contribution in [0.2, 0.25) is 0 Å². The Hall–Kier alpha value is -4.62. The second-order valence-corrected chi connectivity index (χ2v) is 8.45. The van der Waals surface area contributed by atoms with E-state index in [1.807, 2.05) is 105 Å². The number of hydrogen-bond donors (Lipinski definition) is 0. The van der Waals surface area contributed by atoms with Gasteiger partial charge in [-0.3, -0.25) is 0 Å². The van der Waals surface area contributed by atoms with Gasteiger partial charge in [0.05, 0.1) is 6.10 Å². The Bertz CT molecular complexity index is 1540. The van der Waals surface area contributed by atoms with E-state index in [0.29, 0.717) is 11.3 Å². The monoisotopic (exact) mass is 456 g/mol. The highest BCUT2D eigenvalue weighted by Crippen LogP contribution is 2.42. The van der Waals surface area contributed by atoms with Crippen molar-refractivity contribution in [3.63, 3.8) is 0 Å². The van der Waals surface area contributed by atoms with Gasteiger partial charge in [-0.1, -0.05) is 91.0 Å². The molecule has 0 aliphatic heterocycles. The predicted molar refractivity (Wildman–Crippen MR) is 141 cm³/mol. The number of fused-ring (bicyclic) bond motifs is 1. The second kappa shape index (κ2) is 9.70. The minimum Gasteiger partial charge on any atom is -0.490 e. The van der Waals surface area contributed by atoms with Gasteiger partial charge in [0.2, 0.25) is 5.88 Å². The molecule has 1 aromatic heterocycles. The van der Waals surface area contributed by atoms with E-state index in [1.165, 1.54) is 0 Å². The van der Waals surface area contributed by atoms with Crippen molar-refractivity contribution in [2.24, 2.45) is 4.99 Å². The quantitative estimate of drug-likeness (QED) is 0.242. The standard InChI is InChI=1S/C31H24N2O2/c1-21(2)34-28-18-17-22-11-9-10-16-25(22)27(28)20-33-31-26(19-32)29(23-12-5-3-6-13-23)30(35-31)24-14-7-4-8-15-24/h3-18,20-21H,1-2H3. The van der Waals surface area contributed by atoms with Crippen LogP contribution in [0, 0.1) is 11.3 Å². The molecule has 5 aromatic rings. The molecule has 0 fully saturated rings. The Labute approximate surface area is 204 Å². The van der Waals surface area contributed by atoms with Crippen molar-refractivity contribution in [2.75, 3.05) is 0 Å². The molecular formula is C31H24N2O2. The summed E-state index contributed by atoms with van der Waals surface area (Å²) in [5.74, 6) is 1.63. The molecule has 4 heteroatoms. The molecule has 1 heterocycles. The number of nitriles is 1. The average molecular weight is 457 g/mol. The first kappa shape index (κ1) is 22.2. The number of benzene rings is 4. The summed E-state index contributed by atoms with van der Waals surface area (Å²) in [5.41, 5.74) is 3.78. The molecule has 0 spiro atoms. The van der Waals surface area contributed by atoms with E-state index in [4.69, 9.17) is 14.1 Å². The van der Waals surface area contributed by atoms with Crippen LogP contribution in [-0.4, -0.2) is 12.3 Å². The molecule has 0 saturated carbocycles.